The molecule has 0 amide bonds. The Kier molecular flexibility index (Phi) is 2.69. The van der Waals surface area contributed by atoms with Crippen molar-refractivity contribution in [2.45, 2.75) is 20.3 Å². The molecule has 0 atom stereocenters. The summed E-state index contributed by atoms with van der Waals surface area (Å²) in [6.07, 6.45) is 0.835. The van der Waals surface area contributed by atoms with Gasteiger partial charge in [-0.25, -0.2) is 0 Å². The zero-order valence-corrected chi connectivity index (χ0v) is 9.66. The summed E-state index contributed by atoms with van der Waals surface area (Å²) in [5, 5.41) is 0. The minimum absolute atomic E-state index is 0.287. The monoisotopic (exact) mass is 218 g/mol. The summed E-state index contributed by atoms with van der Waals surface area (Å²) >= 11 is 0. The first-order valence-corrected chi connectivity index (χ1v) is 5.17. The van der Waals surface area contributed by atoms with Crippen LogP contribution >= 0.6 is 0 Å². The largest absolute Gasteiger partial charge is 0.497 e. The second kappa shape index (κ2) is 4.00. The number of rotatable bonds is 2. The van der Waals surface area contributed by atoms with E-state index in [-0.39, 0.29) is 5.97 Å². The summed E-state index contributed by atoms with van der Waals surface area (Å²) in [4.78, 5) is 11.0. The van der Waals surface area contributed by atoms with Crippen LogP contribution in [-0.4, -0.2) is 13.1 Å². The highest BCUT2D eigenvalue weighted by atomic mass is 16.5. The molecular formula is C13H14O3. The second-order valence-corrected chi connectivity index (χ2v) is 3.90. The van der Waals surface area contributed by atoms with Crippen molar-refractivity contribution in [1.82, 2.24) is 0 Å². The first-order chi connectivity index (χ1) is 7.61. The number of methoxy groups -OCH3 is 1. The summed E-state index contributed by atoms with van der Waals surface area (Å²) in [6, 6.07) is 5.83. The van der Waals surface area contributed by atoms with Gasteiger partial charge in [0.15, 0.2) is 0 Å². The van der Waals surface area contributed by atoms with Gasteiger partial charge in [0.1, 0.15) is 11.5 Å². The summed E-state index contributed by atoms with van der Waals surface area (Å²) in [5.41, 5.74) is 3.22. The lowest BCUT2D eigenvalue weighted by Crippen LogP contribution is -1.98. The topological polar surface area (TPSA) is 35.5 Å². The van der Waals surface area contributed by atoms with Crippen molar-refractivity contribution in [2.75, 3.05) is 7.11 Å². The molecule has 16 heavy (non-hydrogen) atoms. The Labute approximate surface area is 94.7 Å². The van der Waals surface area contributed by atoms with E-state index in [2.05, 4.69) is 0 Å². The van der Waals surface area contributed by atoms with Crippen molar-refractivity contribution in [3.8, 4) is 5.75 Å². The van der Waals surface area contributed by atoms with Crippen LogP contribution in [0.15, 0.2) is 23.8 Å². The van der Waals surface area contributed by atoms with Crippen LogP contribution in [0.2, 0.25) is 0 Å². The van der Waals surface area contributed by atoms with Crippen molar-refractivity contribution in [3.05, 3.63) is 34.9 Å². The lowest BCUT2D eigenvalue weighted by Gasteiger charge is -2.07. The first-order valence-electron chi connectivity index (χ1n) is 5.17. The van der Waals surface area contributed by atoms with Gasteiger partial charge in [-0.05, 0) is 36.6 Å². The third kappa shape index (κ3) is 1.81. The van der Waals surface area contributed by atoms with Gasteiger partial charge in [0.2, 0.25) is 0 Å². The Morgan fingerprint density at radius 3 is 2.75 bits per heavy atom. The lowest BCUT2D eigenvalue weighted by atomic mass is 10.1. The summed E-state index contributed by atoms with van der Waals surface area (Å²) in [5.74, 6) is 1.17. The van der Waals surface area contributed by atoms with Crippen molar-refractivity contribution in [2.24, 2.45) is 0 Å². The lowest BCUT2D eigenvalue weighted by molar-refractivity contribution is -0.134. The van der Waals surface area contributed by atoms with Gasteiger partial charge < -0.3 is 9.47 Å². The van der Waals surface area contributed by atoms with E-state index in [1.54, 1.807) is 7.11 Å². The van der Waals surface area contributed by atoms with Crippen LogP contribution < -0.4 is 4.74 Å². The van der Waals surface area contributed by atoms with Gasteiger partial charge in [-0.2, -0.15) is 0 Å². The van der Waals surface area contributed by atoms with Gasteiger partial charge in [0, 0.05) is 12.5 Å². The number of benzene rings is 1. The van der Waals surface area contributed by atoms with Gasteiger partial charge in [-0.15, -0.1) is 0 Å². The van der Waals surface area contributed by atoms with Gasteiger partial charge in [0.05, 0.1) is 7.11 Å². The molecule has 0 bridgehead atoms. The Balaban J connectivity index is 2.42. The van der Waals surface area contributed by atoms with Crippen molar-refractivity contribution < 1.29 is 14.3 Å². The fourth-order valence-electron chi connectivity index (χ4n) is 1.93. The molecule has 0 fully saturated rings. The molecule has 1 aromatic carbocycles. The van der Waals surface area contributed by atoms with E-state index in [9.17, 15) is 4.79 Å². The van der Waals surface area contributed by atoms with E-state index < -0.39 is 0 Å². The summed E-state index contributed by atoms with van der Waals surface area (Å²) < 4.78 is 10.4. The van der Waals surface area contributed by atoms with E-state index in [1.807, 2.05) is 25.1 Å². The number of hydrogen-bond acceptors (Lipinski definition) is 3. The highest BCUT2D eigenvalue weighted by molar-refractivity contribution is 5.81. The van der Waals surface area contributed by atoms with E-state index in [0.29, 0.717) is 5.76 Å². The molecule has 0 aromatic heterocycles. The molecule has 0 unspecified atom stereocenters. The fraction of sp³-hybridized carbons (Fsp3) is 0.308. The Morgan fingerprint density at radius 2 is 2.12 bits per heavy atom. The average molecular weight is 218 g/mol. The molecule has 1 aromatic rings. The summed E-state index contributed by atoms with van der Waals surface area (Å²) in [7, 11) is 1.62. The van der Waals surface area contributed by atoms with Crippen LogP contribution in [0.25, 0.3) is 5.76 Å². The van der Waals surface area contributed by atoms with Crippen LogP contribution in [-0.2, 0) is 16.0 Å². The van der Waals surface area contributed by atoms with Crippen LogP contribution in [0, 0.1) is 0 Å². The zero-order chi connectivity index (χ0) is 11.7. The molecule has 1 aliphatic rings. The molecule has 0 aliphatic heterocycles. The van der Waals surface area contributed by atoms with E-state index in [4.69, 9.17) is 9.47 Å². The SMILES string of the molecule is COc1ccc2c(c1)C(OC(C)=O)=C(C)C2. The normalized spacial score (nSPS) is 13.7. The van der Waals surface area contributed by atoms with E-state index in [1.165, 1.54) is 12.5 Å². The first kappa shape index (κ1) is 10.7. The molecule has 0 N–H and O–H groups in total. The number of hydrogen-bond donors (Lipinski definition) is 0. The molecule has 1 aliphatic carbocycles. The minimum Gasteiger partial charge on any atom is -0.497 e. The smallest absolute Gasteiger partial charge is 0.308 e. The quantitative estimate of drug-likeness (QED) is 0.715. The fourth-order valence-corrected chi connectivity index (χ4v) is 1.93. The number of carbonyl (C=O) groups excluding carboxylic acids is 1. The van der Waals surface area contributed by atoms with Crippen LogP contribution in [0.4, 0.5) is 0 Å². The molecule has 0 heterocycles. The minimum atomic E-state index is -0.287. The molecule has 3 heteroatoms. The van der Waals surface area contributed by atoms with Crippen molar-refractivity contribution in [3.63, 3.8) is 0 Å². The Morgan fingerprint density at radius 1 is 1.38 bits per heavy atom. The third-order valence-corrected chi connectivity index (χ3v) is 2.65. The number of ether oxygens (including phenoxy) is 2. The highest BCUT2D eigenvalue weighted by Gasteiger charge is 2.22. The third-order valence-electron chi connectivity index (χ3n) is 2.65. The second-order valence-electron chi connectivity index (χ2n) is 3.90. The molecule has 0 saturated heterocycles. The number of carbonyl (C=O) groups is 1. The highest BCUT2D eigenvalue weighted by Crippen LogP contribution is 2.35. The maximum absolute atomic E-state index is 11.0. The van der Waals surface area contributed by atoms with Gasteiger partial charge in [0.25, 0.3) is 0 Å². The maximum Gasteiger partial charge on any atom is 0.308 e. The van der Waals surface area contributed by atoms with Crippen LogP contribution in [0.5, 0.6) is 5.75 Å². The number of esters is 1. The predicted octanol–water partition coefficient (Wildman–Crippen LogP) is 2.55. The van der Waals surface area contributed by atoms with Crippen LogP contribution in [0.1, 0.15) is 25.0 Å². The molecule has 2 rings (SSSR count). The predicted molar refractivity (Wildman–Crippen MR) is 61.1 cm³/mol. The van der Waals surface area contributed by atoms with E-state index in [0.717, 1.165) is 23.3 Å². The maximum atomic E-state index is 11.0. The van der Waals surface area contributed by atoms with Crippen molar-refractivity contribution in [1.29, 1.82) is 0 Å². The van der Waals surface area contributed by atoms with Crippen LogP contribution in [0.3, 0.4) is 0 Å². The summed E-state index contributed by atoms with van der Waals surface area (Å²) in [6.45, 7) is 3.39. The molecule has 0 saturated carbocycles. The zero-order valence-electron chi connectivity index (χ0n) is 9.66. The van der Waals surface area contributed by atoms with Crippen molar-refractivity contribution >= 4 is 11.7 Å². The number of allylic oxidation sites excluding steroid dienone is 1. The number of fused-ring (bicyclic) bond motifs is 1. The molecule has 3 nitrogen and oxygen atoms in total. The van der Waals surface area contributed by atoms with Gasteiger partial charge in [-0.3, -0.25) is 4.79 Å². The average Bonchev–Trinajstić information content (AvgIpc) is 2.54. The van der Waals surface area contributed by atoms with E-state index >= 15 is 0 Å². The molecule has 0 radical (unpaired) electrons. The van der Waals surface area contributed by atoms with Gasteiger partial charge in [-0.1, -0.05) is 6.07 Å². The molecular weight excluding hydrogens is 204 g/mol. The Hall–Kier alpha value is -1.77. The molecule has 84 valence electrons. The Bertz CT molecular complexity index is 472. The standard InChI is InChI=1S/C13H14O3/c1-8-6-10-4-5-11(15-3)7-12(10)13(8)16-9(2)14/h4-5,7H,6H2,1-3H3. The molecule has 0 spiro atoms. The van der Waals surface area contributed by atoms with Gasteiger partial charge >= 0.3 is 5.97 Å².